The van der Waals surface area contributed by atoms with Gasteiger partial charge in [-0.3, -0.25) is 0 Å². The maximum absolute atomic E-state index is 14.0. The highest BCUT2D eigenvalue weighted by Crippen LogP contribution is 2.28. The van der Waals surface area contributed by atoms with Crippen molar-refractivity contribution in [3.8, 4) is 0 Å². The van der Waals surface area contributed by atoms with E-state index in [0.717, 1.165) is 24.3 Å². The summed E-state index contributed by atoms with van der Waals surface area (Å²) in [6, 6.07) is 5.16. The molecular weight excluding hydrogens is 217 g/mol. The van der Waals surface area contributed by atoms with Crippen LogP contribution >= 0.6 is 0 Å². The molecule has 0 fully saturated rings. The minimum atomic E-state index is -0.174. The fourth-order valence-corrected chi connectivity index (χ4v) is 2.07. The largest absolute Gasteiger partial charge is 0.496 e. The zero-order valence-electron chi connectivity index (χ0n) is 10.3. The summed E-state index contributed by atoms with van der Waals surface area (Å²) in [6.45, 7) is 5.37. The van der Waals surface area contributed by atoms with Crippen LogP contribution in [-0.2, 0) is 4.74 Å². The van der Waals surface area contributed by atoms with Crippen molar-refractivity contribution in [1.82, 2.24) is 5.32 Å². The number of aryl methyl sites for hydroxylation is 1. The van der Waals surface area contributed by atoms with E-state index in [1.165, 1.54) is 0 Å². The normalized spacial score (nSPS) is 16.5. The second kappa shape index (κ2) is 5.32. The molecule has 0 saturated heterocycles. The average Bonchev–Trinajstić information content (AvgIpc) is 2.80. The lowest BCUT2D eigenvalue weighted by Gasteiger charge is -2.20. The van der Waals surface area contributed by atoms with Gasteiger partial charge >= 0.3 is 0 Å². The molecule has 0 bridgehead atoms. The van der Waals surface area contributed by atoms with Crippen LogP contribution in [0.5, 0.6) is 0 Å². The molecular formula is C14H18FNO. The topological polar surface area (TPSA) is 21.3 Å². The Hall–Kier alpha value is -1.35. The molecule has 1 aliphatic heterocycles. The highest BCUT2D eigenvalue weighted by Gasteiger charge is 2.22. The quantitative estimate of drug-likeness (QED) is 0.866. The van der Waals surface area contributed by atoms with E-state index in [9.17, 15) is 4.39 Å². The maximum atomic E-state index is 14.0. The SMILES string of the molecule is CCNC(C1=CCCO1)c1ccc(C)cc1F. The van der Waals surface area contributed by atoms with Crippen LogP contribution in [0, 0.1) is 12.7 Å². The minimum Gasteiger partial charge on any atom is -0.496 e. The van der Waals surface area contributed by atoms with Gasteiger partial charge in [-0.25, -0.2) is 4.39 Å². The van der Waals surface area contributed by atoms with Gasteiger partial charge in [-0.05, 0) is 31.2 Å². The number of benzene rings is 1. The monoisotopic (exact) mass is 235 g/mol. The fraction of sp³-hybridized carbons (Fsp3) is 0.429. The Morgan fingerprint density at radius 2 is 2.29 bits per heavy atom. The Bertz CT molecular complexity index is 428. The lowest BCUT2D eigenvalue weighted by atomic mass is 10.0. The first-order valence-electron chi connectivity index (χ1n) is 6.04. The third kappa shape index (κ3) is 2.67. The fourth-order valence-electron chi connectivity index (χ4n) is 2.07. The third-order valence-electron chi connectivity index (χ3n) is 2.89. The summed E-state index contributed by atoms with van der Waals surface area (Å²) in [5.74, 6) is 0.668. The third-order valence-corrected chi connectivity index (χ3v) is 2.89. The van der Waals surface area contributed by atoms with Gasteiger partial charge in [0.1, 0.15) is 11.6 Å². The number of hydrogen-bond donors (Lipinski definition) is 1. The lowest BCUT2D eigenvalue weighted by molar-refractivity contribution is 0.215. The zero-order valence-corrected chi connectivity index (χ0v) is 10.3. The second-order valence-corrected chi connectivity index (χ2v) is 4.26. The summed E-state index contributed by atoms with van der Waals surface area (Å²) >= 11 is 0. The van der Waals surface area contributed by atoms with Gasteiger partial charge in [0.05, 0.1) is 12.6 Å². The molecule has 92 valence electrons. The molecule has 2 rings (SSSR count). The Morgan fingerprint density at radius 1 is 1.47 bits per heavy atom. The van der Waals surface area contributed by atoms with Crippen molar-refractivity contribution in [3.05, 3.63) is 47.0 Å². The Balaban J connectivity index is 2.31. The number of hydrogen-bond acceptors (Lipinski definition) is 2. The maximum Gasteiger partial charge on any atom is 0.128 e. The number of rotatable bonds is 4. The van der Waals surface area contributed by atoms with Gasteiger partial charge < -0.3 is 10.1 Å². The molecule has 2 nitrogen and oxygen atoms in total. The van der Waals surface area contributed by atoms with Gasteiger partial charge in [0.2, 0.25) is 0 Å². The summed E-state index contributed by atoms with van der Waals surface area (Å²) in [6.07, 6.45) is 2.94. The van der Waals surface area contributed by atoms with E-state index in [1.807, 2.05) is 32.1 Å². The molecule has 0 aromatic heterocycles. The summed E-state index contributed by atoms with van der Waals surface area (Å²) < 4.78 is 19.5. The first kappa shape index (κ1) is 12.1. The van der Waals surface area contributed by atoms with Crippen molar-refractivity contribution < 1.29 is 9.13 Å². The smallest absolute Gasteiger partial charge is 0.128 e. The highest BCUT2D eigenvalue weighted by molar-refractivity contribution is 5.31. The molecule has 1 atom stereocenters. The van der Waals surface area contributed by atoms with Crippen molar-refractivity contribution in [3.63, 3.8) is 0 Å². The van der Waals surface area contributed by atoms with Crippen molar-refractivity contribution in [2.75, 3.05) is 13.2 Å². The van der Waals surface area contributed by atoms with Gasteiger partial charge in [0, 0.05) is 12.0 Å². The molecule has 1 N–H and O–H groups in total. The average molecular weight is 235 g/mol. The van der Waals surface area contributed by atoms with Crippen LogP contribution in [0.1, 0.15) is 30.5 Å². The van der Waals surface area contributed by atoms with Crippen LogP contribution < -0.4 is 5.32 Å². The van der Waals surface area contributed by atoms with Crippen molar-refractivity contribution in [2.24, 2.45) is 0 Å². The van der Waals surface area contributed by atoms with E-state index in [0.29, 0.717) is 12.2 Å². The minimum absolute atomic E-state index is 0.164. The molecule has 1 aromatic carbocycles. The molecule has 1 heterocycles. The zero-order chi connectivity index (χ0) is 12.3. The molecule has 3 heteroatoms. The van der Waals surface area contributed by atoms with E-state index in [-0.39, 0.29) is 11.9 Å². The molecule has 0 amide bonds. The van der Waals surface area contributed by atoms with E-state index in [1.54, 1.807) is 6.07 Å². The number of likely N-dealkylation sites (N-methyl/N-ethyl adjacent to an activating group) is 1. The Morgan fingerprint density at radius 3 is 2.88 bits per heavy atom. The predicted molar refractivity (Wildman–Crippen MR) is 66.2 cm³/mol. The molecule has 0 radical (unpaired) electrons. The molecule has 1 aromatic rings. The van der Waals surface area contributed by atoms with E-state index >= 15 is 0 Å². The standard InChI is InChI=1S/C14H18FNO/c1-3-16-14(13-5-4-8-17-13)11-7-6-10(2)9-12(11)15/h5-7,9,14,16H,3-4,8H2,1-2H3. The summed E-state index contributed by atoms with van der Waals surface area (Å²) in [5.41, 5.74) is 1.59. The van der Waals surface area contributed by atoms with Gasteiger partial charge in [-0.2, -0.15) is 0 Å². The summed E-state index contributed by atoms with van der Waals surface area (Å²) in [7, 11) is 0. The summed E-state index contributed by atoms with van der Waals surface area (Å²) in [5, 5.41) is 3.27. The first-order chi connectivity index (χ1) is 8.22. The highest BCUT2D eigenvalue weighted by atomic mass is 19.1. The molecule has 1 unspecified atom stereocenters. The van der Waals surface area contributed by atoms with Gasteiger partial charge in [0.15, 0.2) is 0 Å². The van der Waals surface area contributed by atoms with E-state index in [2.05, 4.69) is 5.32 Å². The van der Waals surface area contributed by atoms with E-state index < -0.39 is 0 Å². The number of halogens is 1. The number of ether oxygens (including phenoxy) is 1. The van der Waals surface area contributed by atoms with Crippen LogP contribution in [0.2, 0.25) is 0 Å². The lowest BCUT2D eigenvalue weighted by Crippen LogP contribution is -2.24. The van der Waals surface area contributed by atoms with Crippen molar-refractivity contribution >= 4 is 0 Å². The van der Waals surface area contributed by atoms with Gasteiger partial charge in [0.25, 0.3) is 0 Å². The number of nitrogens with one attached hydrogen (secondary N) is 1. The van der Waals surface area contributed by atoms with Gasteiger partial charge in [-0.1, -0.05) is 19.1 Å². The van der Waals surface area contributed by atoms with Crippen LogP contribution in [0.15, 0.2) is 30.0 Å². The van der Waals surface area contributed by atoms with Crippen molar-refractivity contribution in [1.29, 1.82) is 0 Å². The molecule has 0 aliphatic carbocycles. The second-order valence-electron chi connectivity index (χ2n) is 4.26. The predicted octanol–water partition coefficient (Wildman–Crippen LogP) is 3.09. The van der Waals surface area contributed by atoms with Crippen LogP contribution in [-0.4, -0.2) is 13.2 Å². The molecule has 17 heavy (non-hydrogen) atoms. The molecule has 0 saturated carbocycles. The van der Waals surface area contributed by atoms with Gasteiger partial charge in [-0.15, -0.1) is 0 Å². The summed E-state index contributed by atoms with van der Waals surface area (Å²) in [4.78, 5) is 0. The van der Waals surface area contributed by atoms with Crippen LogP contribution in [0.25, 0.3) is 0 Å². The van der Waals surface area contributed by atoms with Crippen LogP contribution in [0.4, 0.5) is 4.39 Å². The van der Waals surface area contributed by atoms with E-state index in [4.69, 9.17) is 4.74 Å². The first-order valence-corrected chi connectivity index (χ1v) is 6.04. The Labute approximate surface area is 101 Å². The van der Waals surface area contributed by atoms with Crippen molar-refractivity contribution in [2.45, 2.75) is 26.3 Å². The Kier molecular flexibility index (Phi) is 3.79. The molecule has 0 spiro atoms. The van der Waals surface area contributed by atoms with Crippen LogP contribution in [0.3, 0.4) is 0 Å². The molecule has 1 aliphatic rings.